The number of carbonyl (C=O) groups is 3. The molecule has 3 fully saturated rings. The highest BCUT2D eigenvalue weighted by molar-refractivity contribution is 9.10. The van der Waals surface area contributed by atoms with Gasteiger partial charge in [0, 0.05) is 15.7 Å². The van der Waals surface area contributed by atoms with Crippen molar-refractivity contribution >= 4 is 45.0 Å². The molecule has 0 aromatic heterocycles. The van der Waals surface area contributed by atoms with Crippen LogP contribution >= 0.6 is 15.9 Å². The number of anilines is 2. The number of benzene rings is 2. The molecular formula is C24H19BrN2O3. The number of imide groups is 1. The van der Waals surface area contributed by atoms with Gasteiger partial charge in [0.1, 0.15) is 0 Å². The Morgan fingerprint density at radius 2 is 1.57 bits per heavy atom. The van der Waals surface area contributed by atoms with E-state index in [9.17, 15) is 14.4 Å². The number of amides is 3. The second-order valence-corrected chi connectivity index (χ2v) is 9.59. The maximum absolute atomic E-state index is 13.3. The van der Waals surface area contributed by atoms with Gasteiger partial charge in [-0.05, 0) is 72.6 Å². The third-order valence-electron chi connectivity index (χ3n) is 7.13. The minimum atomic E-state index is -0.279. The average Bonchev–Trinajstić information content (AvgIpc) is 3.53. The Hall–Kier alpha value is -2.73. The molecule has 6 atom stereocenters. The fraction of sp³-hybridized carbons (Fsp3) is 0.292. The van der Waals surface area contributed by atoms with Crippen LogP contribution in [0.3, 0.4) is 0 Å². The first-order valence-corrected chi connectivity index (χ1v) is 11.1. The van der Waals surface area contributed by atoms with Gasteiger partial charge in [0.25, 0.3) is 5.91 Å². The summed E-state index contributed by atoms with van der Waals surface area (Å²) in [5.74, 6) is 0.541. The fourth-order valence-corrected chi connectivity index (χ4v) is 6.00. The lowest BCUT2D eigenvalue weighted by Gasteiger charge is -2.37. The predicted molar refractivity (Wildman–Crippen MR) is 116 cm³/mol. The van der Waals surface area contributed by atoms with Crippen LogP contribution in [0.15, 0.2) is 65.2 Å². The summed E-state index contributed by atoms with van der Waals surface area (Å²) >= 11 is 3.37. The summed E-state index contributed by atoms with van der Waals surface area (Å²) in [6.07, 6.45) is 5.47. The largest absolute Gasteiger partial charge is 0.322 e. The van der Waals surface area contributed by atoms with Gasteiger partial charge in [-0.1, -0.05) is 34.1 Å². The lowest BCUT2D eigenvalue weighted by molar-refractivity contribution is -0.124. The van der Waals surface area contributed by atoms with Gasteiger partial charge in [-0.2, -0.15) is 0 Å². The molecule has 1 N–H and O–H groups in total. The minimum absolute atomic E-state index is 0.111. The number of halogens is 1. The number of carbonyl (C=O) groups excluding carboxylic acids is 3. The third kappa shape index (κ3) is 2.56. The molecule has 2 aromatic rings. The number of allylic oxidation sites excluding steroid dienone is 2. The fourth-order valence-electron chi connectivity index (χ4n) is 5.73. The zero-order valence-corrected chi connectivity index (χ0v) is 17.6. The van der Waals surface area contributed by atoms with Crippen molar-refractivity contribution in [1.82, 2.24) is 0 Å². The Morgan fingerprint density at radius 1 is 0.933 bits per heavy atom. The number of hydrogen-bond donors (Lipinski definition) is 1. The van der Waals surface area contributed by atoms with Crippen molar-refractivity contribution in [3.63, 3.8) is 0 Å². The van der Waals surface area contributed by atoms with Crippen LogP contribution in [0.1, 0.15) is 16.8 Å². The van der Waals surface area contributed by atoms with Crippen LogP contribution in [0.4, 0.5) is 11.4 Å². The molecule has 5 aliphatic rings. The van der Waals surface area contributed by atoms with E-state index < -0.39 is 0 Å². The van der Waals surface area contributed by atoms with Crippen LogP contribution in [-0.4, -0.2) is 17.7 Å². The van der Waals surface area contributed by atoms with E-state index >= 15 is 0 Å². The summed E-state index contributed by atoms with van der Waals surface area (Å²) in [4.78, 5) is 40.6. The highest BCUT2D eigenvalue weighted by atomic mass is 79.9. The number of rotatable bonds is 3. The topological polar surface area (TPSA) is 66.5 Å². The molecule has 1 aliphatic heterocycles. The van der Waals surface area contributed by atoms with Gasteiger partial charge in [0.2, 0.25) is 11.8 Å². The number of nitrogens with one attached hydrogen (secondary N) is 1. The standard InChI is InChI=1S/C24H19BrN2O3/c25-13-4-6-14(7-5-13)26-22(28)12-2-1-3-15(10-12)27-23(29)20-16-8-9-17(19-11-18(16)19)21(20)24(27)30/h1-10,16-21H,11H2,(H,26,28)/t16-,17+,18-,19-,20+,21+/m1/s1. The molecule has 3 amide bonds. The molecule has 2 aromatic carbocycles. The third-order valence-corrected chi connectivity index (χ3v) is 7.66. The van der Waals surface area contributed by atoms with Crippen LogP contribution < -0.4 is 10.2 Å². The van der Waals surface area contributed by atoms with Gasteiger partial charge in [-0.3, -0.25) is 14.4 Å². The van der Waals surface area contributed by atoms with Crippen LogP contribution in [-0.2, 0) is 9.59 Å². The van der Waals surface area contributed by atoms with E-state index in [4.69, 9.17) is 0 Å². The van der Waals surface area contributed by atoms with E-state index in [1.807, 2.05) is 12.1 Å². The second-order valence-electron chi connectivity index (χ2n) is 8.68. The minimum Gasteiger partial charge on any atom is -0.322 e. The first-order valence-electron chi connectivity index (χ1n) is 10.3. The maximum Gasteiger partial charge on any atom is 0.255 e. The van der Waals surface area contributed by atoms with E-state index in [2.05, 4.69) is 33.4 Å². The summed E-state index contributed by atoms with van der Waals surface area (Å²) in [6, 6.07) is 14.1. The molecule has 5 nitrogen and oxygen atoms in total. The first kappa shape index (κ1) is 18.1. The summed E-state index contributed by atoms with van der Waals surface area (Å²) in [5, 5.41) is 2.85. The Morgan fingerprint density at radius 3 is 2.20 bits per heavy atom. The molecular weight excluding hydrogens is 444 g/mol. The van der Waals surface area contributed by atoms with Crippen LogP contribution in [0.2, 0.25) is 0 Å². The van der Waals surface area contributed by atoms with Gasteiger partial charge >= 0.3 is 0 Å². The molecule has 2 bridgehead atoms. The second kappa shape index (κ2) is 6.38. The predicted octanol–water partition coefficient (Wildman–Crippen LogP) is 4.26. The summed E-state index contributed by atoms with van der Waals surface area (Å²) in [7, 11) is 0. The maximum atomic E-state index is 13.3. The van der Waals surface area contributed by atoms with Crippen LogP contribution in [0, 0.1) is 35.5 Å². The molecule has 0 unspecified atom stereocenters. The van der Waals surface area contributed by atoms with E-state index in [-0.39, 0.29) is 41.4 Å². The van der Waals surface area contributed by atoms with Crippen molar-refractivity contribution in [2.75, 3.05) is 10.2 Å². The average molecular weight is 463 g/mol. The monoisotopic (exact) mass is 462 g/mol. The molecule has 4 aliphatic carbocycles. The molecule has 0 radical (unpaired) electrons. The van der Waals surface area contributed by atoms with Crippen LogP contribution in [0.25, 0.3) is 0 Å². The van der Waals surface area contributed by atoms with E-state index in [0.717, 1.165) is 10.9 Å². The smallest absolute Gasteiger partial charge is 0.255 e. The lowest BCUT2D eigenvalue weighted by atomic mass is 9.63. The van der Waals surface area contributed by atoms with Crippen molar-refractivity contribution in [1.29, 1.82) is 0 Å². The van der Waals surface area contributed by atoms with Crippen molar-refractivity contribution in [3.05, 3.63) is 70.7 Å². The van der Waals surface area contributed by atoms with Gasteiger partial charge in [-0.25, -0.2) is 4.90 Å². The summed E-state index contributed by atoms with van der Waals surface area (Å²) in [6.45, 7) is 0. The van der Waals surface area contributed by atoms with Crippen molar-refractivity contribution in [2.24, 2.45) is 35.5 Å². The van der Waals surface area contributed by atoms with Crippen molar-refractivity contribution < 1.29 is 14.4 Å². The summed E-state index contributed by atoms with van der Waals surface area (Å²) < 4.78 is 0.927. The molecule has 30 heavy (non-hydrogen) atoms. The Labute approximate surface area is 182 Å². The highest BCUT2D eigenvalue weighted by Crippen LogP contribution is 2.65. The SMILES string of the molecule is O=C(Nc1ccc(Br)cc1)c1cccc(N2C(=O)[C@H]3[C@@H]4C=C[C@@H]([C@H]5C[C@H]45)[C@@H]3C2=O)c1. The zero-order valence-electron chi connectivity index (χ0n) is 16.0. The Bertz CT molecular complexity index is 1090. The lowest BCUT2D eigenvalue weighted by Crippen LogP contribution is -2.40. The molecule has 1 saturated heterocycles. The van der Waals surface area contributed by atoms with Gasteiger partial charge in [0.15, 0.2) is 0 Å². The molecule has 150 valence electrons. The van der Waals surface area contributed by atoms with Crippen molar-refractivity contribution in [3.8, 4) is 0 Å². The first-order chi connectivity index (χ1) is 14.5. The molecule has 2 saturated carbocycles. The van der Waals surface area contributed by atoms with Gasteiger partial charge in [0.05, 0.1) is 17.5 Å². The number of hydrogen-bond acceptors (Lipinski definition) is 3. The Balaban J connectivity index is 1.28. The quantitative estimate of drug-likeness (QED) is 0.547. The zero-order chi connectivity index (χ0) is 20.6. The molecule has 7 rings (SSSR count). The van der Waals surface area contributed by atoms with E-state index in [0.29, 0.717) is 28.8 Å². The van der Waals surface area contributed by atoms with Crippen LogP contribution in [0.5, 0.6) is 0 Å². The van der Waals surface area contributed by atoms with Crippen molar-refractivity contribution in [2.45, 2.75) is 6.42 Å². The van der Waals surface area contributed by atoms with Gasteiger partial charge in [-0.15, -0.1) is 0 Å². The molecule has 0 spiro atoms. The molecule has 1 heterocycles. The van der Waals surface area contributed by atoms with E-state index in [1.165, 1.54) is 4.90 Å². The highest BCUT2D eigenvalue weighted by Gasteiger charge is 2.67. The van der Waals surface area contributed by atoms with E-state index in [1.54, 1.807) is 36.4 Å². The molecule has 6 heteroatoms. The summed E-state index contributed by atoms with van der Waals surface area (Å²) in [5.41, 5.74) is 1.57. The Kier molecular flexibility index (Phi) is 3.84. The number of nitrogens with zero attached hydrogens (tertiary/aromatic N) is 1. The van der Waals surface area contributed by atoms with Gasteiger partial charge < -0.3 is 5.32 Å². The normalized spacial score (nSPS) is 32.8.